The van der Waals surface area contributed by atoms with Crippen molar-refractivity contribution in [2.75, 3.05) is 26.2 Å². The highest BCUT2D eigenvalue weighted by Crippen LogP contribution is 2.32. The van der Waals surface area contributed by atoms with Crippen molar-refractivity contribution in [1.29, 1.82) is 0 Å². The SMILES string of the molecule is Cc1cccc(C)c1[C@H](CC(F)F)N1CCNCC1. The van der Waals surface area contributed by atoms with E-state index in [9.17, 15) is 8.78 Å². The van der Waals surface area contributed by atoms with Gasteiger partial charge in [0.2, 0.25) is 6.43 Å². The molecule has 1 fully saturated rings. The van der Waals surface area contributed by atoms with Crippen LogP contribution >= 0.6 is 0 Å². The van der Waals surface area contributed by atoms with Crippen molar-refractivity contribution in [3.8, 4) is 0 Å². The summed E-state index contributed by atoms with van der Waals surface area (Å²) in [5.74, 6) is 0. The number of nitrogens with zero attached hydrogens (tertiary/aromatic N) is 1. The van der Waals surface area contributed by atoms with Gasteiger partial charge in [0.25, 0.3) is 0 Å². The Morgan fingerprint density at radius 2 is 1.74 bits per heavy atom. The summed E-state index contributed by atoms with van der Waals surface area (Å²) < 4.78 is 25.9. The molecule has 1 atom stereocenters. The van der Waals surface area contributed by atoms with Gasteiger partial charge in [-0.1, -0.05) is 18.2 Å². The first-order valence-corrected chi connectivity index (χ1v) is 6.88. The van der Waals surface area contributed by atoms with Gasteiger partial charge in [-0.25, -0.2) is 8.78 Å². The Balaban J connectivity index is 2.30. The van der Waals surface area contributed by atoms with Gasteiger partial charge in [-0.15, -0.1) is 0 Å². The fourth-order valence-electron chi connectivity index (χ4n) is 2.97. The van der Waals surface area contributed by atoms with E-state index in [1.54, 1.807) is 0 Å². The average molecular weight is 268 g/mol. The number of rotatable bonds is 4. The zero-order chi connectivity index (χ0) is 13.8. The molecular weight excluding hydrogens is 246 g/mol. The van der Waals surface area contributed by atoms with E-state index in [1.807, 2.05) is 32.0 Å². The van der Waals surface area contributed by atoms with Gasteiger partial charge in [0, 0.05) is 38.6 Å². The number of benzene rings is 1. The van der Waals surface area contributed by atoms with Crippen LogP contribution in [0.3, 0.4) is 0 Å². The Labute approximate surface area is 113 Å². The Kier molecular flexibility index (Phi) is 4.88. The molecule has 1 N–H and O–H groups in total. The summed E-state index contributed by atoms with van der Waals surface area (Å²) in [4.78, 5) is 2.19. The number of piperazine rings is 1. The minimum absolute atomic E-state index is 0.0777. The summed E-state index contributed by atoms with van der Waals surface area (Å²) in [5.41, 5.74) is 3.32. The van der Waals surface area contributed by atoms with Crippen molar-refractivity contribution in [3.63, 3.8) is 0 Å². The first-order valence-electron chi connectivity index (χ1n) is 6.88. The topological polar surface area (TPSA) is 15.3 Å². The van der Waals surface area contributed by atoms with Crippen LogP contribution in [0.25, 0.3) is 0 Å². The molecule has 0 spiro atoms. The van der Waals surface area contributed by atoms with E-state index in [2.05, 4.69) is 10.2 Å². The van der Waals surface area contributed by atoms with Crippen LogP contribution in [-0.4, -0.2) is 37.5 Å². The van der Waals surface area contributed by atoms with Crippen LogP contribution in [-0.2, 0) is 0 Å². The van der Waals surface area contributed by atoms with E-state index in [4.69, 9.17) is 0 Å². The van der Waals surface area contributed by atoms with E-state index < -0.39 is 6.43 Å². The van der Waals surface area contributed by atoms with Gasteiger partial charge in [0.05, 0.1) is 0 Å². The van der Waals surface area contributed by atoms with Crippen molar-refractivity contribution in [2.45, 2.75) is 32.7 Å². The summed E-state index contributed by atoms with van der Waals surface area (Å²) in [7, 11) is 0. The molecular formula is C15H22F2N2. The molecule has 106 valence electrons. The molecule has 1 saturated heterocycles. The Bertz CT molecular complexity index is 394. The number of halogens is 2. The van der Waals surface area contributed by atoms with Crippen molar-refractivity contribution < 1.29 is 8.78 Å². The summed E-state index contributed by atoms with van der Waals surface area (Å²) in [6, 6.07) is 5.86. The lowest BCUT2D eigenvalue weighted by Gasteiger charge is -2.36. The quantitative estimate of drug-likeness (QED) is 0.903. The van der Waals surface area contributed by atoms with Gasteiger partial charge in [-0.3, -0.25) is 4.90 Å². The molecule has 1 heterocycles. The lowest BCUT2D eigenvalue weighted by atomic mass is 9.92. The Morgan fingerprint density at radius 3 is 2.26 bits per heavy atom. The van der Waals surface area contributed by atoms with Gasteiger partial charge in [0.15, 0.2) is 0 Å². The molecule has 2 nitrogen and oxygen atoms in total. The summed E-state index contributed by atoms with van der Waals surface area (Å²) in [6.45, 7) is 7.47. The lowest BCUT2D eigenvalue weighted by Crippen LogP contribution is -2.45. The molecule has 0 radical (unpaired) electrons. The maximum absolute atomic E-state index is 12.9. The predicted molar refractivity (Wildman–Crippen MR) is 73.7 cm³/mol. The average Bonchev–Trinajstić information content (AvgIpc) is 2.38. The molecule has 1 aromatic rings. The molecule has 4 heteroatoms. The third-order valence-corrected chi connectivity index (χ3v) is 3.87. The van der Waals surface area contributed by atoms with Crippen LogP contribution in [0.15, 0.2) is 18.2 Å². The molecule has 19 heavy (non-hydrogen) atoms. The summed E-state index contributed by atoms with van der Waals surface area (Å²) in [5, 5.41) is 3.27. The van der Waals surface area contributed by atoms with Gasteiger partial charge >= 0.3 is 0 Å². The molecule has 0 bridgehead atoms. The second-order valence-electron chi connectivity index (χ2n) is 5.23. The fraction of sp³-hybridized carbons (Fsp3) is 0.600. The second-order valence-corrected chi connectivity index (χ2v) is 5.23. The highest BCUT2D eigenvalue weighted by molar-refractivity contribution is 5.36. The Hall–Kier alpha value is -1.00. The molecule has 2 rings (SSSR count). The third kappa shape index (κ3) is 3.51. The second kappa shape index (κ2) is 6.44. The van der Waals surface area contributed by atoms with E-state index in [0.29, 0.717) is 0 Å². The van der Waals surface area contributed by atoms with E-state index in [-0.39, 0.29) is 12.5 Å². The lowest BCUT2D eigenvalue weighted by molar-refractivity contribution is 0.0734. The number of aryl methyl sites for hydroxylation is 2. The normalized spacial score (nSPS) is 18.8. The molecule has 0 aliphatic carbocycles. The maximum Gasteiger partial charge on any atom is 0.240 e. The van der Waals surface area contributed by atoms with Crippen molar-refractivity contribution >= 4 is 0 Å². The van der Waals surface area contributed by atoms with Crippen molar-refractivity contribution in [3.05, 3.63) is 34.9 Å². The predicted octanol–water partition coefficient (Wildman–Crippen LogP) is 2.90. The van der Waals surface area contributed by atoms with E-state index in [1.165, 1.54) is 0 Å². The summed E-state index contributed by atoms with van der Waals surface area (Å²) in [6.07, 6.45) is -2.34. The maximum atomic E-state index is 12.9. The number of alkyl halides is 2. The van der Waals surface area contributed by atoms with Crippen LogP contribution in [0.1, 0.15) is 29.2 Å². The van der Waals surface area contributed by atoms with Crippen LogP contribution in [0.4, 0.5) is 8.78 Å². The smallest absolute Gasteiger partial charge is 0.240 e. The van der Waals surface area contributed by atoms with Crippen LogP contribution < -0.4 is 5.32 Å². The highest BCUT2D eigenvalue weighted by Gasteiger charge is 2.27. The van der Waals surface area contributed by atoms with Crippen LogP contribution in [0.2, 0.25) is 0 Å². The summed E-state index contributed by atoms with van der Waals surface area (Å²) >= 11 is 0. The number of hydrogen-bond acceptors (Lipinski definition) is 2. The molecule has 1 aromatic carbocycles. The molecule has 1 aliphatic rings. The molecule has 0 unspecified atom stereocenters. The van der Waals surface area contributed by atoms with Gasteiger partial charge in [-0.05, 0) is 30.5 Å². The minimum atomic E-state index is -2.26. The molecule has 0 saturated carbocycles. The van der Waals surface area contributed by atoms with Crippen LogP contribution in [0, 0.1) is 13.8 Å². The fourth-order valence-corrected chi connectivity index (χ4v) is 2.97. The Morgan fingerprint density at radius 1 is 1.16 bits per heavy atom. The first kappa shape index (κ1) is 14.4. The third-order valence-electron chi connectivity index (χ3n) is 3.87. The first-order chi connectivity index (χ1) is 9.09. The zero-order valence-electron chi connectivity index (χ0n) is 11.6. The molecule has 1 aliphatic heterocycles. The van der Waals surface area contributed by atoms with Crippen molar-refractivity contribution in [2.24, 2.45) is 0 Å². The zero-order valence-corrected chi connectivity index (χ0v) is 11.6. The molecule has 0 aromatic heterocycles. The molecule has 0 amide bonds. The number of nitrogens with one attached hydrogen (secondary N) is 1. The van der Waals surface area contributed by atoms with Gasteiger partial charge in [0.1, 0.15) is 0 Å². The monoisotopic (exact) mass is 268 g/mol. The minimum Gasteiger partial charge on any atom is -0.314 e. The van der Waals surface area contributed by atoms with Gasteiger partial charge < -0.3 is 5.32 Å². The number of hydrogen-bond donors (Lipinski definition) is 1. The van der Waals surface area contributed by atoms with Gasteiger partial charge in [-0.2, -0.15) is 0 Å². The van der Waals surface area contributed by atoms with Crippen molar-refractivity contribution in [1.82, 2.24) is 10.2 Å². The highest BCUT2D eigenvalue weighted by atomic mass is 19.3. The largest absolute Gasteiger partial charge is 0.314 e. The van der Waals surface area contributed by atoms with E-state index in [0.717, 1.165) is 42.9 Å². The standard InChI is InChI=1S/C15H22F2N2/c1-11-4-3-5-12(2)15(11)13(10-14(16)17)19-8-6-18-7-9-19/h3-5,13-14,18H,6-10H2,1-2H3/t13-/m0/s1. The van der Waals surface area contributed by atoms with E-state index >= 15 is 0 Å². The van der Waals surface area contributed by atoms with Crippen LogP contribution in [0.5, 0.6) is 0 Å².